The first-order valence-corrected chi connectivity index (χ1v) is 9.12. The number of nitrogens with one attached hydrogen (secondary N) is 1. The molecular weight excluding hydrogens is 336 g/mol. The number of anilines is 1. The lowest BCUT2D eigenvalue weighted by Crippen LogP contribution is -2.10. The Morgan fingerprint density at radius 2 is 2.08 bits per heavy atom. The van der Waals surface area contributed by atoms with Gasteiger partial charge in [-0.2, -0.15) is 4.98 Å². The van der Waals surface area contributed by atoms with E-state index >= 15 is 0 Å². The lowest BCUT2D eigenvalue weighted by Gasteiger charge is -2.09. The summed E-state index contributed by atoms with van der Waals surface area (Å²) in [5.74, 6) is 1.20. The summed E-state index contributed by atoms with van der Waals surface area (Å²) in [6.45, 7) is 4.24. The highest BCUT2D eigenvalue weighted by atomic mass is 32.2. The highest BCUT2D eigenvalue weighted by Gasteiger charge is 2.18. The molecule has 9 nitrogen and oxygen atoms in total. The van der Waals surface area contributed by atoms with Crippen LogP contribution < -0.4 is 5.32 Å². The van der Waals surface area contributed by atoms with E-state index < -0.39 is 14.8 Å². The number of hydrogen-bond donors (Lipinski definition) is 1. The number of hydrogen-bond acceptors (Lipinski definition) is 8. The smallest absolute Gasteiger partial charge is 0.270 e. The van der Waals surface area contributed by atoms with Crippen LogP contribution in [0.5, 0.6) is 0 Å². The van der Waals surface area contributed by atoms with Crippen molar-refractivity contribution in [3.05, 3.63) is 40.0 Å². The molecule has 0 aliphatic rings. The normalized spacial score (nSPS) is 11.7. The Morgan fingerprint density at radius 3 is 2.62 bits per heavy atom. The minimum atomic E-state index is -3.61. The van der Waals surface area contributed by atoms with Gasteiger partial charge in [0.25, 0.3) is 5.69 Å². The molecule has 10 heteroatoms. The fraction of sp³-hybridized carbons (Fsp3) is 0.429. The highest BCUT2D eigenvalue weighted by molar-refractivity contribution is 7.90. The maximum atomic E-state index is 11.8. The Kier molecular flexibility index (Phi) is 5.17. The molecule has 130 valence electrons. The Morgan fingerprint density at radius 1 is 1.38 bits per heavy atom. The second-order valence-electron chi connectivity index (χ2n) is 5.59. The summed E-state index contributed by atoms with van der Waals surface area (Å²) in [6.07, 6.45) is 1.41. The summed E-state index contributed by atoms with van der Waals surface area (Å²) < 4.78 is 28.8. The van der Waals surface area contributed by atoms with Gasteiger partial charge in [0.1, 0.15) is 0 Å². The fourth-order valence-corrected chi connectivity index (χ4v) is 2.86. The third-order valence-electron chi connectivity index (χ3n) is 3.23. The van der Waals surface area contributed by atoms with Gasteiger partial charge >= 0.3 is 0 Å². The van der Waals surface area contributed by atoms with E-state index in [0.29, 0.717) is 30.4 Å². The molecule has 1 aromatic heterocycles. The zero-order chi connectivity index (χ0) is 17.9. The number of sulfone groups is 1. The SMILES string of the molecule is CC(C)c1noc(CCNc2ccc([N+](=O)[O-])cc2S(C)(=O)=O)n1. The van der Waals surface area contributed by atoms with Crippen molar-refractivity contribution in [2.75, 3.05) is 18.1 Å². The largest absolute Gasteiger partial charge is 0.383 e. The minimum absolute atomic E-state index is 0.120. The topological polar surface area (TPSA) is 128 Å². The molecule has 0 fully saturated rings. The van der Waals surface area contributed by atoms with E-state index in [-0.39, 0.29) is 16.5 Å². The highest BCUT2D eigenvalue weighted by Crippen LogP contribution is 2.26. The summed E-state index contributed by atoms with van der Waals surface area (Å²) in [5, 5.41) is 17.6. The molecule has 0 bridgehead atoms. The Hall–Kier alpha value is -2.49. The number of aromatic nitrogens is 2. The van der Waals surface area contributed by atoms with Gasteiger partial charge in [0.05, 0.1) is 15.5 Å². The number of rotatable bonds is 7. The van der Waals surface area contributed by atoms with Gasteiger partial charge in [-0.1, -0.05) is 19.0 Å². The molecule has 0 radical (unpaired) electrons. The fourth-order valence-electron chi connectivity index (χ4n) is 1.99. The van der Waals surface area contributed by atoms with E-state index in [2.05, 4.69) is 15.5 Å². The molecular formula is C14H18N4O5S. The van der Waals surface area contributed by atoms with Crippen LogP contribution in [0.4, 0.5) is 11.4 Å². The molecule has 2 rings (SSSR count). The van der Waals surface area contributed by atoms with Crippen molar-refractivity contribution < 1.29 is 17.9 Å². The van der Waals surface area contributed by atoms with Crippen LogP contribution in [-0.4, -0.2) is 36.3 Å². The number of nitro groups is 1. The van der Waals surface area contributed by atoms with Crippen LogP contribution in [0.25, 0.3) is 0 Å². The van der Waals surface area contributed by atoms with Crippen LogP contribution in [0.1, 0.15) is 31.5 Å². The Bertz CT molecular complexity index is 845. The monoisotopic (exact) mass is 354 g/mol. The number of nitrogens with zero attached hydrogens (tertiary/aromatic N) is 3. The van der Waals surface area contributed by atoms with Crippen LogP contribution >= 0.6 is 0 Å². The van der Waals surface area contributed by atoms with Crippen molar-refractivity contribution in [3.63, 3.8) is 0 Å². The van der Waals surface area contributed by atoms with Crippen molar-refractivity contribution in [2.45, 2.75) is 31.1 Å². The summed E-state index contributed by atoms with van der Waals surface area (Å²) >= 11 is 0. The molecule has 2 aromatic rings. The van der Waals surface area contributed by atoms with E-state index in [1.54, 1.807) is 0 Å². The second-order valence-corrected chi connectivity index (χ2v) is 7.57. The van der Waals surface area contributed by atoms with E-state index in [9.17, 15) is 18.5 Å². The average Bonchev–Trinajstić information content (AvgIpc) is 2.95. The van der Waals surface area contributed by atoms with Gasteiger partial charge in [0.2, 0.25) is 5.89 Å². The molecule has 1 aromatic carbocycles. The van der Waals surface area contributed by atoms with Crippen molar-refractivity contribution in [1.82, 2.24) is 10.1 Å². The predicted octanol–water partition coefficient (Wildman–Crippen LogP) is 2.16. The first kappa shape index (κ1) is 17.9. The quantitative estimate of drug-likeness (QED) is 0.591. The van der Waals surface area contributed by atoms with Crippen LogP contribution in [0.2, 0.25) is 0 Å². The van der Waals surface area contributed by atoms with Gasteiger partial charge in [0.15, 0.2) is 15.7 Å². The summed E-state index contributed by atoms with van der Waals surface area (Å²) in [6, 6.07) is 3.67. The summed E-state index contributed by atoms with van der Waals surface area (Å²) in [5.41, 5.74) is 0.0196. The Balaban J connectivity index is 2.12. The van der Waals surface area contributed by atoms with Crippen molar-refractivity contribution >= 4 is 21.2 Å². The van der Waals surface area contributed by atoms with Crippen molar-refractivity contribution in [3.8, 4) is 0 Å². The van der Waals surface area contributed by atoms with Gasteiger partial charge < -0.3 is 9.84 Å². The molecule has 1 heterocycles. The van der Waals surface area contributed by atoms with Gasteiger partial charge in [-0.15, -0.1) is 0 Å². The molecule has 0 unspecified atom stereocenters. The second kappa shape index (κ2) is 6.95. The van der Waals surface area contributed by atoms with Crippen LogP contribution in [-0.2, 0) is 16.3 Å². The molecule has 0 spiro atoms. The predicted molar refractivity (Wildman–Crippen MR) is 86.8 cm³/mol. The molecule has 0 aliphatic carbocycles. The molecule has 1 N–H and O–H groups in total. The zero-order valence-electron chi connectivity index (χ0n) is 13.5. The molecule has 0 aliphatic heterocycles. The standard InChI is InChI=1S/C14H18N4O5S/c1-9(2)14-16-13(23-17-14)6-7-15-11-5-4-10(18(19)20)8-12(11)24(3,21)22/h4-5,8-9,15H,6-7H2,1-3H3. The van der Waals surface area contributed by atoms with E-state index in [4.69, 9.17) is 4.52 Å². The van der Waals surface area contributed by atoms with Gasteiger partial charge in [-0.25, -0.2) is 8.42 Å². The number of benzene rings is 1. The van der Waals surface area contributed by atoms with Crippen molar-refractivity contribution in [2.24, 2.45) is 0 Å². The van der Waals surface area contributed by atoms with Gasteiger partial charge in [0, 0.05) is 37.3 Å². The van der Waals surface area contributed by atoms with Gasteiger partial charge in [-0.05, 0) is 6.07 Å². The van der Waals surface area contributed by atoms with Crippen LogP contribution in [0.3, 0.4) is 0 Å². The number of nitro benzene ring substituents is 1. The molecule has 0 saturated heterocycles. The van der Waals surface area contributed by atoms with Crippen LogP contribution in [0, 0.1) is 10.1 Å². The maximum absolute atomic E-state index is 11.8. The third kappa shape index (κ3) is 4.28. The summed E-state index contributed by atoms with van der Waals surface area (Å²) in [4.78, 5) is 14.3. The molecule has 0 saturated carbocycles. The Labute approximate surface area is 139 Å². The van der Waals surface area contributed by atoms with Crippen molar-refractivity contribution in [1.29, 1.82) is 0 Å². The first-order valence-electron chi connectivity index (χ1n) is 7.23. The summed E-state index contributed by atoms with van der Waals surface area (Å²) in [7, 11) is -3.61. The third-order valence-corrected chi connectivity index (χ3v) is 4.37. The zero-order valence-corrected chi connectivity index (χ0v) is 14.3. The minimum Gasteiger partial charge on any atom is -0.383 e. The molecule has 0 amide bonds. The molecule has 24 heavy (non-hydrogen) atoms. The molecule has 0 atom stereocenters. The first-order chi connectivity index (χ1) is 11.2. The number of non-ortho nitro benzene ring substituents is 1. The average molecular weight is 354 g/mol. The van der Waals surface area contributed by atoms with E-state index in [0.717, 1.165) is 12.3 Å². The maximum Gasteiger partial charge on any atom is 0.270 e. The van der Waals surface area contributed by atoms with Gasteiger partial charge in [-0.3, -0.25) is 10.1 Å². The lowest BCUT2D eigenvalue weighted by molar-refractivity contribution is -0.385. The van der Waals surface area contributed by atoms with E-state index in [1.165, 1.54) is 12.1 Å². The van der Waals surface area contributed by atoms with E-state index in [1.807, 2.05) is 13.8 Å². The lowest BCUT2D eigenvalue weighted by atomic mass is 10.2. The van der Waals surface area contributed by atoms with Crippen LogP contribution in [0.15, 0.2) is 27.6 Å².